The molecule has 1 amide bonds. The van der Waals surface area contributed by atoms with Crippen LogP contribution in [-0.2, 0) is 14.8 Å². The summed E-state index contributed by atoms with van der Waals surface area (Å²) in [6.45, 7) is 3.33. The molecule has 0 saturated heterocycles. The van der Waals surface area contributed by atoms with E-state index in [2.05, 4.69) is 5.32 Å². The van der Waals surface area contributed by atoms with Crippen LogP contribution in [0.15, 0.2) is 47.4 Å². The van der Waals surface area contributed by atoms with Gasteiger partial charge in [0.05, 0.1) is 16.9 Å². The van der Waals surface area contributed by atoms with Crippen LogP contribution in [-0.4, -0.2) is 37.8 Å². The van der Waals surface area contributed by atoms with Gasteiger partial charge in [-0.1, -0.05) is 19.1 Å². The number of amides is 1. The first-order chi connectivity index (χ1) is 13.6. The molecule has 0 aromatic heterocycles. The van der Waals surface area contributed by atoms with Gasteiger partial charge in [0.25, 0.3) is 5.69 Å². The Bertz CT molecular complexity index is 1020. The van der Waals surface area contributed by atoms with E-state index in [1.165, 1.54) is 30.0 Å². The smallest absolute Gasteiger partial charge is 0.271 e. The first kappa shape index (κ1) is 22.7. The molecule has 2 aromatic rings. The number of thioether (sulfide) groups is 1. The molecule has 0 heterocycles. The third-order valence-corrected chi connectivity index (χ3v) is 6.20. The predicted molar refractivity (Wildman–Crippen MR) is 116 cm³/mol. The van der Waals surface area contributed by atoms with E-state index in [9.17, 15) is 23.3 Å². The molecule has 156 valence electrons. The number of hydrogen-bond acceptors (Lipinski definition) is 6. The third kappa shape index (κ3) is 5.48. The zero-order valence-electron chi connectivity index (χ0n) is 16.6. The molecule has 1 unspecified atom stereocenters. The number of benzene rings is 2. The highest BCUT2D eigenvalue weighted by Gasteiger charge is 2.33. The maximum atomic E-state index is 13.0. The third-order valence-electron chi connectivity index (χ3n) is 4.31. The monoisotopic (exact) mass is 437 g/mol. The second-order valence-corrected chi connectivity index (χ2v) is 9.17. The van der Waals surface area contributed by atoms with Crippen molar-refractivity contribution in [2.75, 3.05) is 22.1 Å². The van der Waals surface area contributed by atoms with E-state index in [1.54, 1.807) is 32.0 Å². The first-order valence-corrected chi connectivity index (χ1v) is 11.8. The van der Waals surface area contributed by atoms with Crippen molar-refractivity contribution in [1.82, 2.24) is 0 Å². The number of carbonyl (C=O) groups is 1. The van der Waals surface area contributed by atoms with E-state index in [4.69, 9.17) is 0 Å². The molecule has 1 atom stereocenters. The molecule has 0 aliphatic heterocycles. The maximum absolute atomic E-state index is 13.0. The number of nitrogens with zero attached hydrogens (tertiary/aromatic N) is 2. The molecular formula is C19H23N3O5S2. The SMILES string of the molecule is CCC(C(=O)Nc1cccc(SC)c1)N(c1cc([N+](=O)[O-])ccc1C)S(C)(=O)=O. The Kier molecular flexibility index (Phi) is 7.26. The molecule has 0 aliphatic carbocycles. The second-order valence-electron chi connectivity index (χ2n) is 6.43. The highest BCUT2D eigenvalue weighted by molar-refractivity contribution is 7.98. The average molecular weight is 438 g/mol. The highest BCUT2D eigenvalue weighted by Crippen LogP contribution is 2.30. The summed E-state index contributed by atoms with van der Waals surface area (Å²) in [5.41, 5.74) is 0.921. The van der Waals surface area contributed by atoms with Crippen molar-refractivity contribution in [1.29, 1.82) is 0 Å². The lowest BCUT2D eigenvalue weighted by Crippen LogP contribution is -2.47. The number of hydrogen-bond donors (Lipinski definition) is 1. The lowest BCUT2D eigenvalue weighted by Gasteiger charge is -2.31. The van der Waals surface area contributed by atoms with E-state index >= 15 is 0 Å². The van der Waals surface area contributed by atoms with Crippen LogP contribution in [0.4, 0.5) is 17.1 Å². The van der Waals surface area contributed by atoms with Crippen LogP contribution in [0.3, 0.4) is 0 Å². The van der Waals surface area contributed by atoms with Gasteiger partial charge in [0, 0.05) is 22.7 Å². The van der Waals surface area contributed by atoms with Crippen LogP contribution >= 0.6 is 11.8 Å². The molecule has 0 aliphatic rings. The fourth-order valence-corrected chi connectivity index (χ4v) is 4.63. The van der Waals surface area contributed by atoms with E-state index in [0.29, 0.717) is 11.3 Å². The summed E-state index contributed by atoms with van der Waals surface area (Å²) in [7, 11) is -3.90. The van der Waals surface area contributed by atoms with Gasteiger partial charge in [-0.05, 0) is 43.4 Å². The number of anilines is 2. The molecule has 29 heavy (non-hydrogen) atoms. The standard InChI is InChI=1S/C19H23N3O5S2/c1-5-17(19(23)20-14-7-6-8-16(11-14)28-3)21(29(4,26)27)18-12-15(22(24)25)10-9-13(18)2/h6-12,17H,5H2,1-4H3,(H,20,23). The number of rotatable bonds is 8. The summed E-state index contributed by atoms with van der Waals surface area (Å²) in [5.74, 6) is -0.512. The Labute approximate surface area is 174 Å². The molecule has 10 heteroatoms. The predicted octanol–water partition coefficient (Wildman–Crippen LogP) is 3.81. The molecule has 0 bridgehead atoms. The van der Waals surface area contributed by atoms with Gasteiger partial charge < -0.3 is 5.32 Å². The number of aryl methyl sites for hydroxylation is 1. The Hall–Kier alpha value is -2.59. The topological polar surface area (TPSA) is 110 Å². The fourth-order valence-electron chi connectivity index (χ4n) is 2.91. The summed E-state index contributed by atoms with van der Waals surface area (Å²) in [6.07, 6.45) is 3.07. The van der Waals surface area contributed by atoms with Gasteiger partial charge in [-0.15, -0.1) is 11.8 Å². The van der Waals surface area contributed by atoms with Crippen molar-refractivity contribution in [2.45, 2.75) is 31.2 Å². The molecule has 2 aromatic carbocycles. The van der Waals surface area contributed by atoms with Gasteiger partial charge in [-0.3, -0.25) is 19.2 Å². The molecule has 2 rings (SSSR count). The van der Waals surface area contributed by atoms with Crippen molar-refractivity contribution < 1.29 is 18.1 Å². The molecule has 0 saturated carbocycles. The Morgan fingerprint density at radius 1 is 1.28 bits per heavy atom. The molecular weight excluding hydrogens is 414 g/mol. The van der Waals surface area contributed by atoms with Crippen LogP contribution < -0.4 is 9.62 Å². The maximum Gasteiger partial charge on any atom is 0.271 e. The van der Waals surface area contributed by atoms with Gasteiger partial charge in [0.15, 0.2) is 0 Å². The number of nitro groups is 1. The highest BCUT2D eigenvalue weighted by atomic mass is 32.2. The largest absolute Gasteiger partial charge is 0.324 e. The van der Waals surface area contributed by atoms with Crippen LogP contribution in [0.5, 0.6) is 0 Å². The summed E-state index contributed by atoms with van der Waals surface area (Å²) < 4.78 is 26.2. The second kappa shape index (κ2) is 9.27. The van der Waals surface area contributed by atoms with Gasteiger partial charge in [0.2, 0.25) is 15.9 Å². The number of nitrogens with one attached hydrogen (secondary N) is 1. The Morgan fingerprint density at radius 3 is 2.52 bits per heavy atom. The summed E-state index contributed by atoms with van der Waals surface area (Å²) in [5, 5.41) is 13.9. The number of sulfonamides is 1. The Morgan fingerprint density at radius 2 is 1.97 bits per heavy atom. The fraction of sp³-hybridized carbons (Fsp3) is 0.316. The van der Waals surface area contributed by atoms with E-state index in [-0.39, 0.29) is 17.8 Å². The quantitative estimate of drug-likeness (QED) is 0.382. The van der Waals surface area contributed by atoms with Gasteiger partial charge in [-0.25, -0.2) is 8.42 Å². The van der Waals surface area contributed by atoms with Crippen LogP contribution in [0.2, 0.25) is 0 Å². The van der Waals surface area contributed by atoms with E-state index in [0.717, 1.165) is 15.5 Å². The van der Waals surface area contributed by atoms with Gasteiger partial charge in [0.1, 0.15) is 6.04 Å². The minimum atomic E-state index is -3.90. The van der Waals surface area contributed by atoms with Crippen molar-refractivity contribution in [2.24, 2.45) is 0 Å². The molecule has 0 radical (unpaired) electrons. The van der Waals surface area contributed by atoms with Crippen molar-refractivity contribution in [3.8, 4) is 0 Å². The van der Waals surface area contributed by atoms with Crippen LogP contribution in [0.1, 0.15) is 18.9 Å². The summed E-state index contributed by atoms with van der Waals surface area (Å²) in [4.78, 5) is 24.5. The van der Waals surface area contributed by atoms with Crippen LogP contribution in [0.25, 0.3) is 0 Å². The minimum Gasteiger partial charge on any atom is -0.324 e. The zero-order valence-corrected chi connectivity index (χ0v) is 18.2. The van der Waals surface area contributed by atoms with Crippen molar-refractivity contribution >= 4 is 44.8 Å². The molecule has 0 spiro atoms. The normalized spacial score (nSPS) is 12.3. The lowest BCUT2D eigenvalue weighted by atomic mass is 10.1. The van der Waals surface area contributed by atoms with E-state index in [1.807, 2.05) is 12.3 Å². The number of nitro benzene ring substituents is 1. The minimum absolute atomic E-state index is 0.113. The van der Waals surface area contributed by atoms with E-state index < -0.39 is 26.9 Å². The number of carbonyl (C=O) groups excluding carboxylic acids is 1. The first-order valence-electron chi connectivity index (χ1n) is 8.77. The Balaban J connectivity index is 2.48. The molecule has 8 nitrogen and oxygen atoms in total. The number of non-ortho nitro benzene ring substituents is 1. The molecule has 0 fully saturated rings. The van der Waals surface area contributed by atoms with Crippen molar-refractivity contribution in [3.05, 3.63) is 58.1 Å². The van der Waals surface area contributed by atoms with Crippen LogP contribution in [0, 0.1) is 17.0 Å². The zero-order chi connectivity index (χ0) is 21.8. The average Bonchev–Trinajstić information content (AvgIpc) is 2.65. The van der Waals surface area contributed by atoms with Gasteiger partial charge in [-0.2, -0.15) is 0 Å². The molecule has 1 N–H and O–H groups in total. The summed E-state index contributed by atoms with van der Waals surface area (Å²) in [6, 6.07) is 10.1. The lowest BCUT2D eigenvalue weighted by molar-refractivity contribution is -0.384. The summed E-state index contributed by atoms with van der Waals surface area (Å²) >= 11 is 1.52. The van der Waals surface area contributed by atoms with Crippen molar-refractivity contribution in [3.63, 3.8) is 0 Å². The van der Waals surface area contributed by atoms with Gasteiger partial charge >= 0.3 is 0 Å².